The molecule has 0 spiro atoms. The number of phenolic OH excluding ortho intramolecular Hbond substituents is 1. The lowest BCUT2D eigenvalue weighted by Gasteiger charge is -2.10. The second kappa shape index (κ2) is 9.05. The minimum Gasteiger partial charge on any atom is -0.506 e. The topological polar surface area (TPSA) is 50.9 Å². The van der Waals surface area contributed by atoms with Crippen molar-refractivity contribution in [3.8, 4) is 22.7 Å². The Bertz CT molecular complexity index is 1960. The van der Waals surface area contributed by atoms with E-state index in [4.69, 9.17) is 9.97 Å². The third-order valence-corrected chi connectivity index (χ3v) is 7.81. The Hall–Kier alpha value is -4.61. The summed E-state index contributed by atoms with van der Waals surface area (Å²) in [5, 5.41) is 14.8. The average molecular weight is 510 g/mol. The van der Waals surface area contributed by atoms with E-state index in [-0.39, 0.29) is 5.75 Å². The molecule has 7 aromatic rings. The lowest BCUT2D eigenvalue weighted by atomic mass is 10.0. The Morgan fingerprint density at radius 3 is 2.34 bits per heavy atom. The van der Waals surface area contributed by atoms with Crippen molar-refractivity contribution in [2.45, 2.75) is 16.8 Å². The first-order valence-corrected chi connectivity index (χ1v) is 13.3. The summed E-state index contributed by atoms with van der Waals surface area (Å²) in [5.41, 5.74) is 6.12. The SMILES string of the molecule is Cc1ccc(-n2c3ccccc3c3ccc(Sc4ccc5c(-c6ccccc6)ccc(O)c5n4)cc32)nc1. The molecule has 3 heterocycles. The predicted molar refractivity (Wildman–Crippen MR) is 156 cm³/mol. The van der Waals surface area contributed by atoms with Crippen LogP contribution in [0, 0.1) is 6.92 Å². The largest absolute Gasteiger partial charge is 0.506 e. The van der Waals surface area contributed by atoms with E-state index in [2.05, 4.69) is 84.3 Å². The van der Waals surface area contributed by atoms with E-state index >= 15 is 0 Å². The van der Waals surface area contributed by atoms with Crippen LogP contribution in [-0.4, -0.2) is 19.6 Å². The second-order valence-corrected chi connectivity index (χ2v) is 10.5. The maximum Gasteiger partial charge on any atom is 0.141 e. The van der Waals surface area contributed by atoms with Crippen molar-refractivity contribution < 1.29 is 5.11 Å². The van der Waals surface area contributed by atoms with Crippen molar-refractivity contribution in [2.24, 2.45) is 0 Å². The Morgan fingerprint density at radius 2 is 1.50 bits per heavy atom. The van der Waals surface area contributed by atoms with E-state index in [9.17, 15) is 5.11 Å². The van der Waals surface area contributed by atoms with Gasteiger partial charge >= 0.3 is 0 Å². The number of rotatable bonds is 4. The molecule has 0 saturated heterocycles. The van der Waals surface area contributed by atoms with Gasteiger partial charge in [-0.05, 0) is 72.1 Å². The zero-order valence-electron chi connectivity index (χ0n) is 20.7. The molecule has 0 aliphatic rings. The van der Waals surface area contributed by atoms with Gasteiger partial charge in [-0.15, -0.1) is 0 Å². The van der Waals surface area contributed by atoms with Gasteiger partial charge in [0.25, 0.3) is 0 Å². The smallest absolute Gasteiger partial charge is 0.141 e. The number of aromatic hydroxyl groups is 1. The van der Waals surface area contributed by atoms with Crippen LogP contribution in [0.15, 0.2) is 125 Å². The molecular formula is C33H23N3OS. The van der Waals surface area contributed by atoms with Crippen molar-refractivity contribution in [1.82, 2.24) is 14.5 Å². The number of para-hydroxylation sites is 1. The van der Waals surface area contributed by atoms with Crippen molar-refractivity contribution in [3.63, 3.8) is 0 Å². The van der Waals surface area contributed by atoms with Crippen molar-refractivity contribution in [1.29, 1.82) is 0 Å². The van der Waals surface area contributed by atoms with E-state index in [1.165, 1.54) is 10.8 Å². The molecule has 3 aromatic heterocycles. The number of hydrogen-bond acceptors (Lipinski definition) is 4. The summed E-state index contributed by atoms with van der Waals surface area (Å²) in [7, 11) is 0. The first-order valence-electron chi connectivity index (χ1n) is 12.5. The number of aryl methyl sites for hydroxylation is 1. The van der Waals surface area contributed by atoms with Gasteiger partial charge < -0.3 is 5.11 Å². The van der Waals surface area contributed by atoms with Gasteiger partial charge in [-0.3, -0.25) is 4.57 Å². The quantitative estimate of drug-likeness (QED) is 0.258. The fourth-order valence-corrected chi connectivity index (χ4v) is 5.91. The van der Waals surface area contributed by atoms with Gasteiger partial charge in [0.15, 0.2) is 0 Å². The molecule has 0 unspecified atom stereocenters. The van der Waals surface area contributed by atoms with E-state index in [0.29, 0.717) is 5.52 Å². The van der Waals surface area contributed by atoms with Crippen LogP contribution >= 0.6 is 11.8 Å². The van der Waals surface area contributed by atoms with Gasteiger partial charge in [-0.1, -0.05) is 72.4 Å². The third kappa shape index (κ3) is 3.80. The Labute approximate surface area is 224 Å². The van der Waals surface area contributed by atoms with Crippen LogP contribution in [0.2, 0.25) is 0 Å². The van der Waals surface area contributed by atoms with Gasteiger partial charge in [0.1, 0.15) is 22.1 Å². The molecule has 0 aliphatic carbocycles. The van der Waals surface area contributed by atoms with E-state index in [1.807, 2.05) is 36.5 Å². The number of benzene rings is 4. The predicted octanol–water partition coefficient (Wildman–Crippen LogP) is 8.56. The van der Waals surface area contributed by atoms with Gasteiger partial charge in [-0.2, -0.15) is 0 Å². The zero-order chi connectivity index (χ0) is 25.6. The monoisotopic (exact) mass is 509 g/mol. The van der Waals surface area contributed by atoms with Gasteiger partial charge in [-0.25, -0.2) is 9.97 Å². The molecule has 0 bridgehead atoms. The number of hydrogen-bond donors (Lipinski definition) is 1. The summed E-state index contributed by atoms with van der Waals surface area (Å²) in [6.45, 7) is 2.05. The fourth-order valence-electron chi connectivity index (χ4n) is 5.08. The minimum absolute atomic E-state index is 0.183. The molecule has 1 N–H and O–H groups in total. The molecule has 0 saturated carbocycles. The van der Waals surface area contributed by atoms with Crippen LogP contribution in [-0.2, 0) is 0 Å². The van der Waals surface area contributed by atoms with Crippen molar-refractivity contribution in [2.75, 3.05) is 0 Å². The second-order valence-electron chi connectivity index (χ2n) is 9.37. The van der Waals surface area contributed by atoms with E-state index in [1.54, 1.807) is 17.8 Å². The third-order valence-electron chi connectivity index (χ3n) is 6.89. The van der Waals surface area contributed by atoms with Crippen LogP contribution in [0.5, 0.6) is 5.75 Å². The first-order chi connectivity index (χ1) is 18.7. The highest BCUT2D eigenvalue weighted by Gasteiger charge is 2.15. The Balaban J connectivity index is 1.34. The van der Waals surface area contributed by atoms with Crippen LogP contribution in [0.25, 0.3) is 49.7 Å². The molecule has 4 nitrogen and oxygen atoms in total. The number of pyridine rings is 2. The van der Waals surface area contributed by atoms with Gasteiger partial charge in [0, 0.05) is 27.3 Å². The molecule has 0 radical (unpaired) electrons. The Kier molecular flexibility index (Phi) is 5.38. The summed E-state index contributed by atoms with van der Waals surface area (Å²) in [5.74, 6) is 1.08. The van der Waals surface area contributed by atoms with E-state index in [0.717, 1.165) is 48.8 Å². The average Bonchev–Trinajstić information content (AvgIpc) is 3.28. The highest BCUT2D eigenvalue weighted by molar-refractivity contribution is 7.99. The lowest BCUT2D eigenvalue weighted by molar-refractivity contribution is 0.480. The zero-order valence-corrected chi connectivity index (χ0v) is 21.5. The number of aromatic nitrogens is 3. The van der Waals surface area contributed by atoms with E-state index < -0.39 is 0 Å². The molecule has 0 aliphatic heterocycles. The lowest BCUT2D eigenvalue weighted by Crippen LogP contribution is -1.97. The van der Waals surface area contributed by atoms with Crippen LogP contribution in [0.4, 0.5) is 0 Å². The summed E-state index contributed by atoms with van der Waals surface area (Å²) >= 11 is 1.59. The molecule has 0 amide bonds. The molecule has 0 atom stereocenters. The summed E-state index contributed by atoms with van der Waals surface area (Å²) in [4.78, 5) is 10.7. The van der Waals surface area contributed by atoms with Crippen molar-refractivity contribution in [3.05, 3.63) is 121 Å². The standard InChI is InChI=1S/C33H23N3OS/c1-21-11-17-31(34-20-21)36-28-10-6-5-9-25(28)26-13-12-23(19-29(26)36)38-32-18-15-27-24(22-7-3-2-4-8-22)14-16-30(37)33(27)35-32/h2-20,37H,1H3. The summed E-state index contributed by atoms with van der Waals surface area (Å²) in [6.07, 6.45) is 1.91. The summed E-state index contributed by atoms with van der Waals surface area (Å²) < 4.78 is 2.22. The molecule has 4 aromatic carbocycles. The normalized spacial score (nSPS) is 11.5. The molecule has 5 heteroatoms. The minimum atomic E-state index is 0.183. The number of phenols is 1. The van der Waals surface area contributed by atoms with Crippen LogP contribution in [0.1, 0.15) is 5.56 Å². The molecule has 38 heavy (non-hydrogen) atoms. The van der Waals surface area contributed by atoms with Crippen molar-refractivity contribution >= 4 is 44.5 Å². The first kappa shape index (κ1) is 22.6. The van der Waals surface area contributed by atoms with Crippen LogP contribution in [0.3, 0.4) is 0 Å². The number of nitrogens with zero attached hydrogens (tertiary/aromatic N) is 3. The molecule has 0 fully saturated rings. The molecule has 182 valence electrons. The number of fused-ring (bicyclic) bond motifs is 4. The Morgan fingerprint density at radius 1 is 0.711 bits per heavy atom. The highest BCUT2D eigenvalue weighted by atomic mass is 32.2. The maximum absolute atomic E-state index is 10.7. The van der Waals surface area contributed by atoms with Gasteiger partial charge in [0.2, 0.25) is 0 Å². The molecule has 7 rings (SSSR count). The van der Waals surface area contributed by atoms with Gasteiger partial charge in [0.05, 0.1) is 11.0 Å². The molecular weight excluding hydrogens is 486 g/mol. The maximum atomic E-state index is 10.7. The van der Waals surface area contributed by atoms with Crippen LogP contribution < -0.4 is 0 Å². The summed E-state index contributed by atoms with van der Waals surface area (Å²) in [6, 6.07) is 37.1. The highest BCUT2D eigenvalue weighted by Crippen LogP contribution is 2.38. The fraction of sp³-hybridized carbons (Fsp3) is 0.0303.